The Morgan fingerprint density at radius 1 is 1.62 bits per heavy atom. The van der Waals surface area contributed by atoms with Crippen LogP contribution in [0.1, 0.15) is 17.8 Å². The molecule has 1 saturated heterocycles. The van der Waals surface area contributed by atoms with Gasteiger partial charge in [0.2, 0.25) is 5.13 Å². The van der Waals surface area contributed by atoms with Crippen molar-refractivity contribution in [2.45, 2.75) is 25.8 Å². The van der Waals surface area contributed by atoms with Gasteiger partial charge >= 0.3 is 0 Å². The van der Waals surface area contributed by atoms with E-state index in [1.54, 1.807) is 11.3 Å². The predicted molar refractivity (Wildman–Crippen MR) is 51.0 cm³/mol. The Hall–Kier alpha value is -0.710. The summed E-state index contributed by atoms with van der Waals surface area (Å²) in [6.07, 6.45) is 2.00. The molecule has 2 heterocycles. The summed E-state index contributed by atoms with van der Waals surface area (Å²) >= 11 is 1.54. The van der Waals surface area contributed by atoms with Crippen LogP contribution in [-0.4, -0.2) is 29.5 Å². The lowest BCUT2D eigenvalue weighted by Gasteiger charge is -2.20. The number of hydrogen-bond donors (Lipinski definition) is 0. The largest absolute Gasteiger partial charge is 0.341 e. The van der Waals surface area contributed by atoms with E-state index in [1.807, 2.05) is 11.8 Å². The van der Waals surface area contributed by atoms with Crippen LogP contribution < -0.4 is 4.90 Å². The first-order chi connectivity index (χ1) is 6.31. The Kier molecular flexibility index (Phi) is 2.44. The molecule has 72 valence electrons. The molecule has 0 bridgehead atoms. The molecule has 1 aromatic rings. The van der Waals surface area contributed by atoms with Crippen LogP contribution in [0.25, 0.3) is 0 Å². The second kappa shape index (κ2) is 3.57. The molecule has 0 radical (unpaired) electrons. The van der Waals surface area contributed by atoms with E-state index in [4.69, 9.17) is 0 Å². The number of nitrogens with zero attached hydrogens (tertiary/aromatic N) is 3. The molecular formula is C8H12FN3S. The molecule has 0 aliphatic carbocycles. The monoisotopic (exact) mass is 201 g/mol. The van der Waals surface area contributed by atoms with Crippen molar-refractivity contribution >= 4 is 16.5 Å². The average Bonchev–Trinajstić information content (AvgIpc) is 2.71. The molecule has 0 amide bonds. The first-order valence-corrected chi connectivity index (χ1v) is 5.25. The Labute approximate surface area is 80.6 Å². The molecule has 1 fully saturated rings. The molecule has 2 rings (SSSR count). The third kappa shape index (κ3) is 1.65. The predicted octanol–water partition coefficient (Wildman–Crippen LogP) is 1.78. The van der Waals surface area contributed by atoms with Crippen LogP contribution in [0.15, 0.2) is 0 Å². The second-order valence-corrected chi connectivity index (χ2v) is 4.41. The molecule has 13 heavy (non-hydrogen) atoms. The summed E-state index contributed by atoms with van der Waals surface area (Å²) in [5, 5.41) is 9.77. The molecule has 3 nitrogen and oxygen atoms in total. The molecular weight excluding hydrogens is 189 g/mol. The van der Waals surface area contributed by atoms with Crippen LogP contribution in [0.5, 0.6) is 0 Å². The van der Waals surface area contributed by atoms with Crippen molar-refractivity contribution in [3.05, 3.63) is 5.01 Å². The maximum Gasteiger partial charge on any atom is 0.208 e. The van der Waals surface area contributed by atoms with Crippen molar-refractivity contribution in [2.24, 2.45) is 0 Å². The van der Waals surface area contributed by atoms with Crippen LogP contribution in [-0.2, 0) is 0 Å². The topological polar surface area (TPSA) is 29.0 Å². The number of halogens is 1. The summed E-state index contributed by atoms with van der Waals surface area (Å²) in [4.78, 5) is 2.03. The van der Waals surface area contributed by atoms with Gasteiger partial charge in [-0.1, -0.05) is 11.3 Å². The number of alkyl halides is 1. The number of rotatable bonds is 2. The van der Waals surface area contributed by atoms with Crippen molar-refractivity contribution in [1.29, 1.82) is 0 Å². The van der Waals surface area contributed by atoms with Gasteiger partial charge in [-0.2, -0.15) is 0 Å². The Bertz CT molecular complexity index is 289. The molecule has 1 aromatic heterocycles. The summed E-state index contributed by atoms with van der Waals surface area (Å²) < 4.78 is 12.6. The Morgan fingerprint density at radius 2 is 2.46 bits per heavy atom. The fourth-order valence-corrected chi connectivity index (χ4v) is 2.44. The number of anilines is 1. The van der Waals surface area contributed by atoms with Gasteiger partial charge in [0.1, 0.15) is 11.7 Å². The highest BCUT2D eigenvalue weighted by Gasteiger charge is 2.26. The molecule has 0 saturated carbocycles. The van der Waals surface area contributed by atoms with E-state index < -0.39 is 0 Å². The van der Waals surface area contributed by atoms with E-state index >= 15 is 0 Å². The first kappa shape index (κ1) is 8.87. The zero-order valence-corrected chi connectivity index (χ0v) is 8.35. The van der Waals surface area contributed by atoms with Gasteiger partial charge in [0, 0.05) is 6.54 Å². The molecule has 0 aromatic carbocycles. The van der Waals surface area contributed by atoms with Crippen molar-refractivity contribution in [2.75, 3.05) is 18.1 Å². The highest BCUT2D eigenvalue weighted by Crippen LogP contribution is 2.27. The zero-order chi connectivity index (χ0) is 9.26. The summed E-state index contributed by atoms with van der Waals surface area (Å²) in [7, 11) is 0. The normalized spacial score (nSPS) is 22.6. The molecule has 1 aliphatic heterocycles. The molecule has 5 heteroatoms. The minimum atomic E-state index is -0.279. The fraction of sp³-hybridized carbons (Fsp3) is 0.750. The lowest BCUT2D eigenvalue weighted by molar-refractivity contribution is 0.427. The Balaban J connectivity index is 2.15. The average molecular weight is 201 g/mol. The van der Waals surface area contributed by atoms with Crippen molar-refractivity contribution in [3.8, 4) is 0 Å². The smallest absolute Gasteiger partial charge is 0.208 e. The summed E-state index contributed by atoms with van der Waals surface area (Å²) in [5.41, 5.74) is 0. The van der Waals surface area contributed by atoms with Crippen LogP contribution in [0.4, 0.5) is 9.52 Å². The van der Waals surface area contributed by atoms with Gasteiger partial charge < -0.3 is 4.90 Å². The van der Waals surface area contributed by atoms with Gasteiger partial charge in [0.15, 0.2) is 0 Å². The van der Waals surface area contributed by atoms with Crippen molar-refractivity contribution in [3.63, 3.8) is 0 Å². The maximum absolute atomic E-state index is 12.6. The fourth-order valence-electron chi connectivity index (χ4n) is 1.65. The van der Waals surface area contributed by atoms with E-state index in [2.05, 4.69) is 10.2 Å². The van der Waals surface area contributed by atoms with Crippen LogP contribution in [0, 0.1) is 6.92 Å². The molecule has 1 atom stereocenters. The molecule has 1 aliphatic rings. The third-order valence-electron chi connectivity index (χ3n) is 2.32. The van der Waals surface area contributed by atoms with E-state index in [-0.39, 0.29) is 12.7 Å². The minimum absolute atomic E-state index is 0.0346. The SMILES string of the molecule is Cc1nnc(N2CCCC2CF)s1. The number of hydrogen-bond acceptors (Lipinski definition) is 4. The van der Waals surface area contributed by atoms with Gasteiger partial charge in [-0.3, -0.25) is 0 Å². The summed E-state index contributed by atoms with van der Waals surface area (Å²) in [5.74, 6) is 0. The lowest BCUT2D eigenvalue weighted by atomic mass is 10.2. The van der Waals surface area contributed by atoms with E-state index in [1.165, 1.54) is 0 Å². The van der Waals surface area contributed by atoms with Gasteiger partial charge in [0.05, 0.1) is 6.04 Å². The van der Waals surface area contributed by atoms with Gasteiger partial charge in [-0.05, 0) is 19.8 Å². The van der Waals surface area contributed by atoms with E-state index in [0.29, 0.717) is 0 Å². The van der Waals surface area contributed by atoms with Crippen molar-refractivity contribution < 1.29 is 4.39 Å². The molecule has 1 unspecified atom stereocenters. The van der Waals surface area contributed by atoms with E-state index in [0.717, 1.165) is 29.5 Å². The van der Waals surface area contributed by atoms with Crippen LogP contribution in [0.3, 0.4) is 0 Å². The quantitative estimate of drug-likeness (QED) is 0.730. The molecule has 0 spiro atoms. The van der Waals surface area contributed by atoms with Crippen LogP contribution in [0.2, 0.25) is 0 Å². The highest BCUT2D eigenvalue weighted by molar-refractivity contribution is 7.15. The van der Waals surface area contributed by atoms with Crippen LogP contribution >= 0.6 is 11.3 Å². The minimum Gasteiger partial charge on any atom is -0.341 e. The summed E-state index contributed by atoms with van der Waals surface area (Å²) in [6, 6.07) is 0.0346. The third-order valence-corrected chi connectivity index (χ3v) is 3.19. The molecule has 0 N–H and O–H groups in total. The number of aryl methyl sites for hydroxylation is 1. The maximum atomic E-state index is 12.6. The lowest BCUT2D eigenvalue weighted by Crippen LogP contribution is -2.30. The standard InChI is InChI=1S/C8H12FN3S/c1-6-10-11-8(13-6)12-4-2-3-7(12)5-9/h7H,2-5H2,1H3. The van der Waals surface area contributed by atoms with Gasteiger partial charge in [-0.25, -0.2) is 4.39 Å². The van der Waals surface area contributed by atoms with Crippen molar-refractivity contribution in [1.82, 2.24) is 10.2 Å². The Morgan fingerprint density at radius 3 is 3.08 bits per heavy atom. The number of aromatic nitrogens is 2. The van der Waals surface area contributed by atoms with E-state index in [9.17, 15) is 4.39 Å². The van der Waals surface area contributed by atoms with Gasteiger partial charge in [-0.15, -0.1) is 10.2 Å². The highest BCUT2D eigenvalue weighted by atomic mass is 32.1. The summed E-state index contributed by atoms with van der Waals surface area (Å²) in [6.45, 7) is 2.56. The van der Waals surface area contributed by atoms with Gasteiger partial charge in [0.25, 0.3) is 0 Å². The second-order valence-electron chi connectivity index (χ2n) is 3.25. The zero-order valence-electron chi connectivity index (χ0n) is 7.53. The first-order valence-electron chi connectivity index (χ1n) is 4.44.